The molecule has 0 heterocycles. The molecule has 0 aliphatic carbocycles. The quantitative estimate of drug-likeness (QED) is 0.547. The van der Waals surface area contributed by atoms with Gasteiger partial charge in [-0.2, -0.15) is 0 Å². The molecule has 2 atom stereocenters. The Morgan fingerprint density at radius 3 is 2.16 bits per heavy atom. The summed E-state index contributed by atoms with van der Waals surface area (Å²) in [6.07, 6.45) is 1.38. The monoisotopic (exact) mass is 464 g/mol. The molecular weight excluding hydrogens is 432 g/mol. The summed E-state index contributed by atoms with van der Waals surface area (Å²) in [6.45, 7) is 5.95. The fourth-order valence-corrected chi connectivity index (χ4v) is 4.69. The van der Waals surface area contributed by atoms with Gasteiger partial charge in [-0.05, 0) is 62.7 Å². The minimum atomic E-state index is -3.74. The van der Waals surface area contributed by atoms with E-state index >= 15 is 0 Å². The van der Waals surface area contributed by atoms with Gasteiger partial charge in [0.15, 0.2) is 0 Å². The standard InChI is InChI=1S/C23H32N2O6S/c1-7-21(25(32(6,27)28)17-9-11-18(12-10-17)31-8-2)23(26)24-16(3)20-15-19(29-4)13-14-22(20)30-5/h9-16,21H,7-8H2,1-6H3,(H,24,26)/t16-,21+/m0/s1. The molecule has 1 amide bonds. The lowest BCUT2D eigenvalue weighted by molar-refractivity contribution is -0.122. The molecule has 0 unspecified atom stereocenters. The molecule has 1 N–H and O–H groups in total. The van der Waals surface area contributed by atoms with Crippen molar-refractivity contribution in [2.45, 2.75) is 39.3 Å². The number of carbonyl (C=O) groups is 1. The third-order valence-corrected chi connectivity index (χ3v) is 6.17. The zero-order valence-corrected chi connectivity index (χ0v) is 20.2. The molecule has 0 saturated carbocycles. The van der Waals surface area contributed by atoms with Crippen LogP contribution in [0.3, 0.4) is 0 Å². The van der Waals surface area contributed by atoms with Crippen LogP contribution in [0.2, 0.25) is 0 Å². The van der Waals surface area contributed by atoms with Crippen LogP contribution < -0.4 is 23.8 Å². The molecule has 0 saturated heterocycles. The third-order valence-electron chi connectivity index (χ3n) is 4.99. The van der Waals surface area contributed by atoms with Crippen LogP contribution in [0.25, 0.3) is 0 Å². The van der Waals surface area contributed by atoms with Crippen LogP contribution in [0, 0.1) is 0 Å². The normalized spacial score (nSPS) is 13.1. The van der Waals surface area contributed by atoms with Gasteiger partial charge in [-0.25, -0.2) is 8.42 Å². The predicted molar refractivity (Wildman–Crippen MR) is 125 cm³/mol. The number of methoxy groups -OCH3 is 2. The van der Waals surface area contributed by atoms with Gasteiger partial charge in [0.25, 0.3) is 0 Å². The highest BCUT2D eigenvalue weighted by Gasteiger charge is 2.32. The van der Waals surface area contributed by atoms with E-state index in [0.29, 0.717) is 29.5 Å². The van der Waals surface area contributed by atoms with E-state index < -0.39 is 28.0 Å². The molecule has 2 rings (SSSR count). The van der Waals surface area contributed by atoms with E-state index in [-0.39, 0.29) is 6.42 Å². The van der Waals surface area contributed by atoms with E-state index in [2.05, 4.69) is 5.32 Å². The van der Waals surface area contributed by atoms with Gasteiger partial charge in [-0.1, -0.05) is 6.92 Å². The van der Waals surface area contributed by atoms with E-state index in [1.807, 2.05) is 13.8 Å². The van der Waals surface area contributed by atoms with Crippen LogP contribution in [0.1, 0.15) is 38.8 Å². The van der Waals surface area contributed by atoms with Crippen molar-refractivity contribution in [2.75, 3.05) is 31.4 Å². The molecule has 9 heteroatoms. The van der Waals surface area contributed by atoms with Crippen molar-refractivity contribution in [1.82, 2.24) is 5.32 Å². The van der Waals surface area contributed by atoms with Gasteiger partial charge in [-0.15, -0.1) is 0 Å². The van der Waals surface area contributed by atoms with Gasteiger partial charge in [0.05, 0.1) is 38.8 Å². The molecule has 0 aliphatic rings. The highest BCUT2D eigenvalue weighted by Crippen LogP contribution is 2.30. The van der Waals surface area contributed by atoms with E-state index in [9.17, 15) is 13.2 Å². The van der Waals surface area contributed by atoms with Crippen molar-refractivity contribution >= 4 is 21.6 Å². The number of anilines is 1. The molecule has 0 fully saturated rings. The first-order valence-electron chi connectivity index (χ1n) is 10.4. The molecule has 176 valence electrons. The lowest BCUT2D eigenvalue weighted by atomic mass is 10.1. The Balaban J connectivity index is 2.34. The Bertz CT molecular complexity index is 1010. The van der Waals surface area contributed by atoms with E-state index in [1.54, 1.807) is 63.6 Å². The second-order valence-corrected chi connectivity index (χ2v) is 9.11. The molecule has 0 radical (unpaired) electrons. The smallest absolute Gasteiger partial charge is 0.244 e. The number of sulfonamides is 1. The van der Waals surface area contributed by atoms with Gasteiger partial charge in [0.1, 0.15) is 23.3 Å². The third kappa shape index (κ3) is 6.06. The number of rotatable bonds is 11. The van der Waals surface area contributed by atoms with Crippen molar-refractivity contribution < 1.29 is 27.4 Å². The number of hydrogen-bond acceptors (Lipinski definition) is 6. The fourth-order valence-electron chi connectivity index (χ4n) is 3.48. The number of hydrogen-bond donors (Lipinski definition) is 1. The summed E-state index contributed by atoms with van der Waals surface area (Å²) in [5.41, 5.74) is 1.12. The number of nitrogens with one attached hydrogen (secondary N) is 1. The van der Waals surface area contributed by atoms with Crippen molar-refractivity contribution in [3.63, 3.8) is 0 Å². The van der Waals surface area contributed by atoms with Gasteiger partial charge in [-0.3, -0.25) is 9.10 Å². The second-order valence-electron chi connectivity index (χ2n) is 7.25. The topological polar surface area (TPSA) is 94.2 Å². The molecule has 2 aromatic rings. The molecule has 8 nitrogen and oxygen atoms in total. The van der Waals surface area contributed by atoms with Crippen LogP contribution >= 0.6 is 0 Å². The van der Waals surface area contributed by atoms with Crippen LogP contribution in [-0.2, 0) is 14.8 Å². The molecular formula is C23H32N2O6S. The van der Waals surface area contributed by atoms with Gasteiger partial charge in [0.2, 0.25) is 15.9 Å². The first-order chi connectivity index (χ1) is 15.2. The summed E-state index contributed by atoms with van der Waals surface area (Å²) in [6, 6.07) is 10.6. The molecule has 0 aromatic heterocycles. The maximum absolute atomic E-state index is 13.2. The highest BCUT2D eigenvalue weighted by molar-refractivity contribution is 7.92. The van der Waals surface area contributed by atoms with Crippen LogP contribution in [-0.4, -0.2) is 47.4 Å². The van der Waals surface area contributed by atoms with Gasteiger partial charge in [0, 0.05) is 5.56 Å². The van der Waals surface area contributed by atoms with E-state index in [0.717, 1.165) is 16.1 Å². The summed E-state index contributed by atoms with van der Waals surface area (Å²) in [5, 5.41) is 2.92. The number of ether oxygens (including phenoxy) is 3. The number of carbonyl (C=O) groups excluding carboxylic acids is 1. The summed E-state index contributed by atoms with van der Waals surface area (Å²) < 4.78 is 42.6. The van der Waals surface area contributed by atoms with Crippen molar-refractivity contribution in [3.8, 4) is 17.2 Å². The predicted octanol–water partition coefficient (Wildman–Crippen LogP) is 3.52. The molecule has 0 bridgehead atoms. The first-order valence-corrected chi connectivity index (χ1v) is 12.3. The number of amides is 1. The zero-order valence-electron chi connectivity index (χ0n) is 19.4. The fraction of sp³-hybridized carbons (Fsp3) is 0.435. The Labute approximate surface area is 190 Å². The summed E-state index contributed by atoms with van der Waals surface area (Å²) in [5.74, 6) is 1.43. The van der Waals surface area contributed by atoms with Crippen molar-refractivity contribution in [2.24, 2.45) is 0 Å². The SMILES string of the molecule is CCOc1ccc(N([C@H](CC)C(=O)N[C@@H](C)c2cc(OC)ccc2OC)S(C)(=O)=O)cc1. The maximum atomic E-state index is 13.2. The second kappa shape index (κ2) is 11.1. The number of nitrogens with zero attached hydrogens (tertiary/aromatic N) is 1. The van der Waals surface area contributed by atoms with Crippen LogP contribution in [0.4, 0.5) is 5.69 Å². The lowest BCUT2D eigenvalue weighted by Gasteiger charge is -2.31. The van der Waals surface area contributed by atoms with E-state index in [1.165, 1.54) is 0 Å². The summed E-state index contributed by atoms with van der Waals surface area (Å²) in [4.78, 5) is 13.2. The van der Waals surface area contributed by atoms with Gasteiger partial charge >= 0.3 is 0 Å². The van der Waals surface area contributed by atoms with Crippen molar-refractivity contribution in [1.29, 1.82) is 0 Å². The lowest BCUT2D eigenvalue weighted by Crippen LogP contribution is -2.49. The Morgan fingerprint density at radius 2 is 1.66 bits per heavy atom. The zero-order chi connectivity index (χ0) is 23.9. The first kappa shape index (κ1) is 25.3. The minimum Gasteiger partial charge on any atom is -0.497 e. The average Bonchev–Trinajstić information content (AvgIpc) is 2.76. The minimum absolute atomic E-state index is 0.286. The molecule has 0 aliphatic heterocycles. The Kier molecular flexibility index (Phi) is 8.77. The Hall–Kier alpha value is -2.94. The largest absolute Gasteiger partial charge is 0.497 e. The van der Waals surface area contributed by atoms with Crippen molar-refractivity contribution in [3.05, 3.63) is 48.0 Å². The molecule has 2 aromatic carbocycles. The number of benzene rings is 2. The summed E-state index contributed by atoms with van der Waals surface area (Å²) in [7, 11) is -0.630. The van der Waals surface area contributed by atoms with E-state index in [4.69, 9.17) is 14.2 Å². The molecule has 0 spiro atoms. The average molecular weight is 465 g/mol. The Morgan fingerprint density at radius 1 is 1.03 bits per heavy atom. The highest BCUT2D eigenvalue weighted by atomic mass is 32.2. The van der Waals surface area contributed by atoms with Crippen LogP contribution in [0.15, 0.2) is 42.5 Å². The van der Waals surface area contributed by atoms with Crippen LogP contribution in [0.5, 0.6) is 17.2 Å². The van der Waals surface area contributed by atoms with Gasteiger partial charge < -0.3 is 19.5 Å². The maximum Gasteiger partial charge on any atom is 0.244 e. The molecule has 32 heavy (non-hydrogen) atoms. The summed E-state index contributed by atoms with van der Waals surface area (Å²) >= 11 is 0.